The number of carboxylic acid groups (broad SMARTS) is 1. The Morgan fingerprint density at radius 1 is 1.09 bits per heavy atom. The molecule has 1 amide bonds. The summed E-state index contributed by atoms with van der Waals surface area (Å²) in [5.74, 6) is -0.596. The number of hydrogen-bond acceptors (Lipinski definition) is 7. The molecular formula is C14H14N2O6S. The fourth-order valence-electron chi connectivity index (χ4n) is 1.80. The van der Waals surface area contributed by atoms with Gasteiger partial charge in [-0.1, -0.05) is 0 Å². The van der Waals surface area contributed by atoms with Crippen LogP contribution in [0.4, 0.5) is 5.13 Å². The number of hydrogen-bond donors (Lipinski definition) is 2. The first-order chi connectivity index (χ1) is 11.0. The molecule has 0 fully saturated rings. The molecule has 0 aliphatic heterocycles. The highest BCUT2D eigenvalue weighted by molar-refractivity contribution is 7.14. The molecule has 9 heteroatoms. The summed E-state index contributed by atoms with van der Waals surface area (Å²) in [6.07, 6.45) is 0. The van der Waals surface area contributed by atoms with Crippen molar-refractivity contribution >= 4 is 28.3 Å². The predicted molar refractivity (Wildman–Crippen MR) is 83.1 cm³/mol. The second kappa shape index (κ2) is 6.97. The van der Waals surface area contributed by atoms with Crippen molar-refractivity contribution in [1.82, 2.24) is 4.98 Å². The minimum Gasteiger partial charge on any atom is -0.496 e. The van der Waals surface area contributed by atoms with Crippen molar-refractivity contribution in [2.75, 3.05) is 26.6 Å². The van der Waals surface area contributed by atoms with E-state index in [1.807, 2.05) is 0 Å². The van der Waals surface area contributed by atoms with Crippen LogP contribution in [0.25, 0.3) is 0 Å². The van der Waals surface area contributed by atoms with Gasteiger partial charge in [-0.25, -0.2) is 9.78 Å². The Morgan fingerprint density at radius 3 is 2.22 bits per heavy atom. The SMILES string of the molecule is COc1cc(OC)c(C(=O)Nc2nc(C(=O)O)cs2)cc1OC. The number of benzene rings is 1. The lowest BCUT2D eigenvalue weighted by Gasteiger charge is -2.13. The van der Waals surface area contributed by atoms with E-state index in [0.29, 0.717) is 11.5 Å². The first kappa shape index (κ1) is 16.6. The van der Waals surface area contributed by atoms with Crippen LogP contribution in [0.15, 0.2) is 17.5 Å². The van der Waals surface area contributed by atoms with E-state index in [0.717, 1.165) is 11.3 Å². The zero-order valence-electron chi connectivity index (χ0n) is 12.6. The van der Waals surface area contributed by atoms with Gasteiger partial charge in [0, 0.05) is 17.5 Å². The van der Waals surface area contributed by atoms with Gasteiger partial charge in [0.2, 0.25) is 0 Å². The zero-order valence-corrected chi connectivity index (χ0v) is 13.4. The second-order valence-corrected chi connectivity index (χ2v) is 5.06. The standard InChI is InChI=1S/C14H14N2O6S/c1-20-9-5-11(22-3)10(21-2)4-7(9)12(17)16-14-15-8(6-23-14)13(18)19/h4-6H,1-3H3,(H,18,19)(H,15,16,17). The van der Waals surface area contributed by atoms with Crippen LogP contribution in [0.3, 0.4) is 0 Å². The Morgan fingerprint density at radius 2 is 1.70 bits per heavy atom. The lowest BCUT2D eigenvalue weighted by atomic mass is 10.1. The monoisotopic (exact) mass is 338 g/mol. The van der Waals surface area contributed by atoms with Crippen LogP contribution in [0.5, 0.6) is 17.2 Å². The summed E-state index contributed by atoms with van der Waals surface area (Å²) >= 11 is 1.01. The Hall–Kier alpha value is -2.81. The fourth-order valence-corrected chi connectivity index (χ4v) is 2.48. The van der Waals surface area contributed by atoms with Crippen LogP contribution in [0, 0.1) is 0 Å². The number of amides is 1. The van der Waals surface area contributed by atoms with Crippen molar-refractivity contribution in [2.45, 2.75) is 0 Å². The van der Waals surface area contributed by atoms with E-state index < -0.39 is 11.9 Å². The lowest BCUT2D eigenvalue weighted by Crippen LogP contribution is -2.14. The van der Waals surface area contributed by atoms with Crippen LogP contribution in [-0.2, 0) is 0 Å². The minimum absolute atomic E-state index is 0.135. The average Bonchev–Trinajstić information content (AvgIpc) is 3.02. The van der Waals surface area contributed by atoms with Crippen LogP contribution in [0.1, 0.15) is 20.8 Å². The second-order valence-electron chi connectivity index (χ2n) is 4.20. The van der Waals surface area contributed by atoms with Crippen molar-refractivity contribution in [1.29, 1.82) is 0 Å². The third-order valence-electron chi connectivity index (χ3n) is 2.89. The summed E-state index contributed by atoms with van der Waals surface area (Å²) in [6, 6.07) is 3.00. The molecular weight excluding hydrogens is 324 g/mol. The summed E-state index contributed by atoms with van der Waals surface area (Å²) in [5, 5.41) is 12.9. The van der Waals surface area contributed by atoms with Crippen LogP contribution in [-0.4, -0.2) is 43.3 Å². The molecule has 23 heavy (non-hydrogen) atoms. The highest BCUT2D eigenvalue weighted by Gasteiger charge is 2.19. The van der Waals surface area contributed by atoms with Crippen LogP contribution in [0.2, 0.25) is 0 Å². The molecule has 0 saturated heterocycles. The fraction of sp³-hybridized carbons (Fsp3) is 0.214. The number of carboxylic acids is 1. The van der Waals surface area contributed by atoms with E-state index in [9.17, 15) is 9.59 Å². The predicted octanol–water partition coefficient (Wildman–Crippen LogP) is 2.12. The quantitative estimate of drug-likeness (QED) is 0.830. The minimum atomic E-state index is -1.16. The van der Waals surface area contributed by atoms with Crippen molar-refractivity contribution in [3.8, 4) is 17.2 Å². The molecule has 0 unspecified atom stereocenters. The van der Waals surface area contributed by atoms with E-state index in [4.69, 9.17) is 19.3 Å². The molecule has 0 spiro atoms. The van der Waals surface area contributed by atoms with Gasteiger partial charge >= 0.3 is 5.97 Å². The maximum Gasteiger partial charge on any atom is 0.355 e. The Kier molecular flexibility index (Phi) is 5.02. The number of carbonyl (C=O) groups excluding carboxylic acids is 1. The summed E-state index contributed by atoms with van der Waals surface area (Å²) in [7, 11) is 4.34. The molecule has 0 aliphatic rings. The largest absolute Gasteiger partial charge is 0.496 e. The number of nitrogens with zero attached hydrogens (tertiary/aromatic N) is 1. The zero-order chi connectivity index (χ0) is 17.0. The van der Waals surface area contributed by atoms with Gasteiger partial charge < -0.3 is 19.3 Å². The van der Waals surface area contributed by atoms with E-state index in [1.54, 1.807) is 0 Å². The van der Waals surface area contributed by atoms with Gasteiger partial charge in [-0.3, -0.25) is 10.1 Å². The summed E-state index contributed by atoms with van der Waals surface area (Å²) < 4.78 is 15.5. The summed E-state index contributed by atoms with van der Waals surface area (Å²) in [4.78, 5) is 27.0. The highest BCUT2D eigenvalue weighted by Crippen LogP contribution is 2.35. The molecule has 2 N–H and O–H groups in total. The van der Waals surface area contributed by atoms with E-state index >= 15 is 0 Å². The first-order valence-corrected chi connectivity index (χ1v) is 7.18. The van der Waals surface area contributed by atoms with Crippen molar-refractivity contribution in [3.05, 3.63) is 28.8 Å². The number of thiazole rings is 1. The molecule has 1 heterocycles. The number of aromatic carboxylic acids is 1. The molecule has 0 radical (unpaired) electrons. The number of carbonyl (C=O) groups is 2. The topological polar surface area (TPSA) is 107 Å². The van der Waals surface area contributed by atoms with Crippen molar-refractivity contribution in [3.63, 3.8) is 0 Å². The number of nitrogens with one attached hydrogen (secondary N) is 1. The van der Waals surface area contributed by atoms with Gasteiger partial charge in [-0.2, -0.15) is 0 Å². The van der Waals surface area contributed by atoms with Gasteiger partial charge in [-0.05, 0) is 0 Å². The molecule has 0 saturated carbocycles. The molecule has 0 atom stereocenters. The molecule has 122 valence electrons. The molecule has 0 aliphatic carbocycles. The number of methoxy groups -OCH3 is 3. The Balaban J connectivity index is 2.31. The molecule has 0 bridgehead atoms. The average molecular weight is 338 g/mol. The number of ether oxygens (including phenoxy) is 3. The molecule has 1 aromatic heterocycles. The smallest absolute Gasteiger partial charge is 0.355 e. The highest BCUT2D eigenvalue weighted by atomic mass is 32.1. The van der Waals surface area contributed by atoms with E-state index in [1.165, 1.54) is 38.8 Å². The van der Waals surface area contributed by atoms with Gasteiger partial charge in [0.25, 0.3) is 5.91 Å². The van der Waals surface area contributed by atoms with Crippen LogP contribution >= 0.6 is 11.3 Å². The van der Waals surface area contributed by atoms with Gasteiger partial charge in [0.1, 0.15) is 5.75 Å². The van der Waals surface area contributed by atoms with E-state index in [-0.39, 0.29) is 22.1 Å². The van der Waals surface area contributed by atoms with Gasteiger partial charge in [0.15, 0.2) is 22.3 Å². The maximum atomic E-state index is 12.4. The molecule has 2 aromatic rings. The molecule has 8 nitrogen and oxygen atoms in total. The third-order valence-corrected chi connectivity index (χ3v) is 3.65. The van der Waals surface area contributed by atoms with Crippen molar-refractivity contribution in [2.24, 2.45) is 0 Å². The molecule has 2 rings (SSSR count). The van der Waals surface area contributed by atoms with Crippen molar-refractivity contribution < 1.29 is 28.9 Å². The first-order valence-electron chi connectivity index (χ1n) is 6.30. The van der Waals surface area contributed by atoms with Gasteiger partial charge in [0.05, 0.1) is 26.9 Å². The summed E-state index contributed by atoms with van der Waals surface area (Å²) in [6.45, 7) is 0. The Bertz CT molecular complexity index is 743. The van der Waals surface area contributed by atoms with E-state index in [2.05, 4.69) is 10.3 Å². The van der Waals surface area contributed by atoms with Crippen LogP contribution < -0.4 is 19.5 Å². The lowest BCUT2D eigenvalue weighted by molar-refractivity contribution is 0.0691. The molecule has 1 aromatic carbocycles. The normalized spacial score (nSPS) is 10.0. The summed E-state index contributed by atoms with van der Waals surface area (Å²) in [5.41, 5.74) is 0.0711. The Labute approximate surface area is 135 Å². The van der Waals surface area contributed by atoms with Gasteiger partial charge in [-0.15, -0.1) is 11.3 Å². The number of aromatic nitrogens is 1. The maximum absolute atomic E-state index is 12.4. The number of rotatable bonds is 6. The third kappa shape index (κ3) is 3.51. The number of anilines is 1.